The first-order valence-corrected chi connectivity index (χ1v) is 6.08. The molecule has 5 heteroatoms. The second kappa shape index (κ2) is 5.70. The monoisotopic (exact) mass is 327 g/mol. The molecule has 0 saturated heterocycles. The maximum absolute atomic E-state index is 4.53. The number of rotatable bonds is 1. The van der Waals surface area contributed by atoms with E-state index in [2.05, 4.69) is 38.1 Å². The topological polar surface area (TPSA) is 30.7 Å². The first-order valence-electron chi connectivity index (χ1n) is 5.29. The molecule has 0 fully saturated rings. The molecule has 1 aromatic carbocycles. The van der Waals surface area contributed by atoms with Crippen molar-refractivity contribution in [3.63, 3.8) is 0 Å². The minimum Gasteiger partial charge on any atom is -0.267 e. The van der Waals surface area contributed by atoms with Crippen LogP contribution in [0.3, 0.4) is 0 Å². The average molecular weight is 328 g/mol. The van der Waals surface area contributed by atoms with E-state index in [1.165, 1.54) is 0 Å². The van der Waals surface area contributed by atoms with Crippen LogP contribution in [-0.2, 0) is 7.05 Å². The van der Waals surface area contributed by atoms with E-state index in [-0.39, 0.29) is 37.7 Å². The van der Waals surface area contributed by atoms with Crippen molar-refractivity contribution in [3.05, 3.63) is 47.1 Å². The van der Waals surface area contributed by atoms with Crippen molar-refractivity contribution in [2.75, 3.05) is 0 Å². The average Bonchev–Trinajstić information content (AvgIpc) is 2.67. The molecule has 0 bridgehead atoms. The number of hydrogen-bond acceptors (Lipinski definition) is 2. The van der Waals surface area contributed by atoms with Gasteiger partial charge < -0.3 is 0 Å². The number of aryl methyl sites for hydroxylation is 1. The molecule has 0 aliphatic rings. The first-order chi connectivity index (χ1) is 8.25. The van der Waals surface area contributed by atoms with Crippen molar-refractivity contribution in [1.29, 1.82) is 0 Å². The molecule has 0 radical (unpaired) electrons. The van der Waals surface area contributed by atoms with Gasteiger partial charge in [-0.1, -0.05) is 22.0 Å². The van der Waals surface area contributed by atoms with Gasteiger partial charge in [0, 0.05) is 60.8 Å². The van der Waals surface area contributed by atoms with Gasteiger partial charge in [0.1, 0.15) is 5.69 Å². The Morgan fingerprint density at radius 1 is 1.17 bits per heavy atom. The largest absolute Gasteiger partial charge is 0.267 e. The van der Waals surface area contributed by atoms with Gasteiger partial charge in [-0.15, -0.1) is 0 Å². The zero-order valence-electron chi connectivity index (χ0n) is 9.61. The van der Waals surface area contributed by atoms with E-state index in [0.29, 0.717) is 0 Å². The van der Waals surface area contributed by atoms with Crippen LogP contribution in [-0.4, -0.2) is 14.8 Å². The van der Waals surface area contributed by atoms with E-state index >= 15 is 0 Å². The second-order valence-corrected chi connectivity index (χ2v) is 4.76. The molecule has 2 aromatic heterocycles. The number of halogens is 1. The Labute approximate surface area is 143 Å². The Morgan fingerprint density at radius 3 is 2.72 bits per heavy atom. The molecule has 0 aliphatic heterocycles. The van der Waals surface area contributed by atoms with Crippen LogP contribution in [0.2, 0.25) is 0 Å². The van der Waals surface area contributed by atoms with Crippen LogP contribution in [0.25, 0.3) is 22.3 Å². The van der Waals surface area contributed by atoms with Crippen molar-refractivity contribution >= 4 is 26.8 Å². The predicted molar refractivity (Wildman–Crippen MR) is 71.6 cm³/mol. The van der Waals surface area contributed by atoms with Crippen LogP contribution >= 0.6 is 15.9 Å². The molecule has 0 aliphatic carbocycles. The molecular formula is C13H10ArBrN3. The number of aromatic nitrogens is 3. The summed E-state index contributed by atoms with van der Waals surface area (Å²) in [6.07, 6.45) is 1.79. The Morgan fingerprint density at radius 2 is 2.00 bits per heavy atom. The summed E-state index contributed by atoms with van der Waals surface area (Å²) >= 11 is 3.49. The molecule has 0 N–H and O–H groups in total. The third-order valence-corrected chi connectivity index (χ3v) is 3.21. The van der Waals surface area contributed by atoms with Gasteiger partial charge >= 0.3 is 0 Å². The molecule has 0 atom stereocenters. The molecule has 0 amide bonds. The second-order valence-electron chi connectivity index (χ2n) is 3.85. The van der Waals surface area contributed by atoms with Gasteiger partial charge in [-0.3, -0.25) is 9.67 Å². The summed E-state index contributed by atoms with van der Waals surface area (Å²) in [7, 11) is 1.95. The number of pyridine rings is 1. The summed E-state index contributed by atoms with van der Waals surface area (Å²) in [6, 6.07) is 12.0. The summed E-state index contributed by atoms with van der Waals surface area (Å²) in [6.45, 7) is 0. The predicted octanol–water partition coefficient (Wildman–Crippen LogP) is 3.40. The van der Waals surface area contributed by atoms with Gasteiger partial charge in [0.2, 0.25) is 0 Å². The van der Waals surface area contributed by atoms with Gasteiger partial charge in [0.25, 0.3) is 0 Å². The fourth-order valence-corrected chi connectivity index (χ4v) is 2.29. The molecule has 0 saturated carbocycles. The van der Waals surface area contributed by atoms with E-state index in [1.54, 1.807) is 6.20 Å². The normalized spacial score (nSPS) is 10.3. The third kappa shape index (κ3) is 2.48. The van der Waals surface area contributed by atoms with Gasteiger partial charge in [-0.05, 0) is 30.3 Å². The smallest absolute Gasteiger partial charge is 0.119 e. The first kappa shape index (κ1) is 14.0. The molecule has 92 valence electrons. The minimum atomic E-state index is 0. The zero-order chi connectivity index (χ0) is 11.8. The molecule has 0 unspecified atom stereocenters. The maximum atomic E-state index is 4.53. The maximum Gasteiger partial charge on any atom is 0.119 e. The SMILES string of the molecule is Cn1nc(-c2ccccn2)c2cc(Br)ccc21.[Ar]. The third-order valence-electron chi connectivity index (χ3n) is 2.72. The zero-order valence-corrected chi connectivity index (χ0v) is 11.9. The number of hydrogen-bond donors (Lipinski definition) is 0. The van der Waals surface area contributed by atoms with Crippen molar-refractivity contribution in [1.82, 2.24) is 14.8 Å². The van der Waals surface area contributed by atoms with E-state index in [9.17, 15) is 0 Å². The molecule has 3 aromatic rings. The van der Waals surface area contributed by atoms with Gasteiger partial charge in [0.05, 0.1) is 11.2 Å². The Bertz CT molecular complexity index is 679. The molecule has 0 spiro atoms. The van der Waals surface area contributed by atoms with Crippen molar-refractivity contribution < 1.29 is 37.7 Å². The van der Waals surface area contributed by atoms with Crippen LogP contribution in [0.15, 0.2) is 47.1 Å². The van der Waals surface area contributed by atoms with Crippen LogP contribution in [0, 0.1) is 37.7 Å². The summed E-state index contributed by atoms with van der Waals surface area (Å²) in [5, 5.41) is 5.65. The van der Waals surface area contributed by atoms with Crippen molar-refractivity contribution in [3.8, 4) is 11.4 Å². The molecule has 2 heterocycles. The van der Waals surface area contributed by atoms with Crippen molar-refractivity contribution in [2.45, 2.75) is 0 Å². The van der Waals surface area contributed by atoms with Crippen LogP contribution in [0.1, 0.15) is 0 Å². The summed E-state index contributed by atoms with van der Waals surface area (Å²) in [4.78, 5) is 4.35. The number of nitrogens with zero attached hydrogens (tertiary/aromatic N) is 3. The van der Waals surface area contributed by atoms with Crippen molar-refractivity contribution in [2.24, 2.45) is 7.05 Å². The van der Waals surface area contributed by atoms with E-state index in [1.807, 2.05) is 36.0 Å². The van der Waals surface area contributed by atoms with E-state index < -0.39 is 0 Å². The van der Waals surface area contributed by atoms with E-state index in [4.69, 9.17) is 0 Å². The summed E-state index contributed by atoms with van der Waals surface area (Å²) < 4.78 is 2.93. The van der Waals surface area contributed by atoms with Gasteiger partial charge in [-0.2, -0.15) is 5.10 Å². The Balaban J connectivity index is 0.00000120. The summed E-state index contributed by atoms with van der Waals surface area (Å²) in [5.74, 6) is 0. The fraction of sp³-hybridized carbons (Fsp3) is 0.0769. The van der Waals surface area contributed by atoms with Crippen LogP contribution in [0.4, 0.5) is 0 Å². The quantitative estimate of drug-likeness (QED) is 0.685. The van der Waals surface area contributed by atoms with Crippen LogP contribution in [0.5, 0.6) is 0 Å². The molecule has 3 nitrogen and oxygen atoms in total. The summed E-state index contributed by atoms with van der Waals surface area (Å²) in [5.41, 5.74) is 2.93. The number of fused-ring (bicyclic) bond motifs is 1. The Hall–Kier alpha value is -0.420. The number of benzene rings is 1. The minimum absolute atomic E-state index is 0. The molecular weight excluding hydrogens is 318 g/mol. The van der Waals surface area contributed by atoms with Gasteiger partial charge in [0.15, 0.2) is 0 Å². The standard InChI is InChI=1S/C13H10BrN3.Ar/c1-17-12-6-5-9(14)8-10(12)13(16-17)11-4-2-3-7-15-11;/h2-8H,1H3;. The fourth-order valence-electron chi connectivity index (χ4n) is 1.93. The molecule has 3 rings (SSSR count). The molecule has 18 heavy (non-hydrogen) atoms. The van der Waals surface area contributed by atoms with Crippen LogP contribution < -0.4 is 0 Å². The van der Waals surface area contributed by atoms with E-state index in [0.717, 1.165) is 26.8 Å². The Kier molecular flexibility index (Phi) is 4.43. The van der Waals surface area contributed by atoms with Gasteiger partial charge in [-0.25, -0.2) is 0 Å².